The molecule has 1 N–H and O–H groups in total. The molecule has 1 atom stereocenters. The van der Waals surface area contributed by atoms with E-state index in [1.54, 1.807) is 18.2 Å². The molecular weight excluding hydrogens is 341 g/mol. The second-order valence-corrected chi connectivity index (χ2v) is 6.67. The fraction of sp³-hybridized carbons (Fsp3) is 0.267. The number of benzene rings is 1. The molecule has 1 heterocycles. The van der Waals surface area contributed by atoms with Crippen LogP contribution in [0.15, 0.2) is 35.6 Å². The highest BCUT2D eigenvalue weighted by Crippen LogP contribution is 2.27. The minimum Gasteiger partial charge on any atom is -0.325 e. The molecule has 2 rings (SSSR count). The molecule has 0 saturated heterocycles. The third-order valence-electron chi connectivity index (χ3n) is 2.89. The maximum absolute atomic E-state index is 12.4. The van der Waals surface area contributed by atoms with Gasteiger partial charge >= 0.3 is 0 Å². The SMILES string of the molecule is CC[C@@H](Sc1cc(C)ncn1)C(=O)Nc1ccc(Cl)c(Cl)c1. The van der Waals surface area contributed by atoms with Crippen LogP contribution < -0.4 is 5.32 Å². The Balaban J connectivity index is 2.06. The van der Waals surface area contributed by atoms with Gasteiger partial charge in [-0.1, -0.05) is 41.9 Å². The molecule has 0 aliphatic carbocycles. The zero-order valence-corrected chi connectivity index (χ0v) is 14.5. The zero-order chi connectivity index (χ0) is 16.1. The van der Waals surface area contributed by atoms with E-state index in [9.17, 15) is 4.79 Å². The third kappa shape index (κ3) is 4.60. The Bertz CT molecular complexity index is 682. The standard InChI is InChI=1S/C15H15Cl2N3OS/c1-3-13(22-14-6-9(2)18-8-19-14)15(21)20-10-4-5-11(16)12(17)7-10/h4-8,13H,3H2,1-2H3,(H,20,21)/t13-/m1/s1. The molecule has 116 valence electrons. The van der Waals surface area contributed by atoms with Crippen LogP contribution in [0.1, 0.15) is 19.0 Å². The highest BCUT2D eigenvalue weighted by molar-refractivity contribution is 8.00. The molecule has 1 amide bonds. The van der Waals surface area contributed by atoms with Gasteiger partial charge in [0.2, 0.25) is 5.91 Å². The molecule has 7 heteroatoms. The first-order valence-corrected chi connectivity index (χ1v) is 8.34. The van der Waals surface area contributed by atoms with Crippen molar-refractivity contribution in [1.82, 2.24) is 9.97 Å². The molecule has 0 spiro atoms. The molecule has 0 radical (unpaired) electrons. The fourth-order valence-electron chi connectivity index (χ4n) is 1.76. The summed E-state index contributed by atoms with van der Waals surface area (Å²) in [6.45, 7) is 3.85. The van der Waals surface area contributed by atoms with Crippen molar-refractivity contribution in [2.45, 2.75) is 30.5 Å². The molecular formula is C15H15Cl2N3OS. The van der Waals surface area contributed by atoms with E-state index in [1.165, 1.54) is 18.1 Å². The number of carbonyl (C=O) groups excluding carboxylic acids is 1. The van der Waals surface area contributed by atoms with Crippen molar-refractivity contribution in [2.24, 2.45) is 0 Å². The summed E-state index contributed by atoms with van der Waals surface area (Å²) < 4.78 is 0. The number of nitrogens with one attached hydrogen (secondary N) is 1. The van der Waals surface area contributed by atoms with Crippen molar-refractivity contribution in [3.63, 3.8) is 0 Å². The summed E-state index contributed by atoms with van der Waals surface area (Å²) in [4.78, 5) is 20.6. The first-order chi connectivity index (χ1) is 10.5. The van der Waals surface area contributed by atoms with Crippen LogP contribution in [-0.2, 0) is 4.79 Å². The molecule has 1 aromatic heterocycles. The lowest BCUT2D eigenvalue weighted by Gasteiger charge is -2.14. The zero-order valence-electron chi connectivity index (χ0n) is 12.1. The molecule has 1 aromatic carbocycles. The molecule has 0 unspecified atom stereocenters. The molecule has 4 nitrogen and oxygen atoms in total. The molecule has 0 aliphatic heterocycles. The van der Waals surface area contributed by atoms with Crippen molar-refractivity contribution >= 4 is 46.6 Å². The van der Waals surface area contributed by atoms with Gasteiger partial charge in [0.05, 0.1) is 15.3 Å². The van der Waals surface area contributed by atoms with E-state index in [4.69, 9.17) is 23.2 Å². The number of carbonyl (C=O) groups is 1. The monoisotopic (exact) mass is 355 g/mol. The Hall–Kier alpha value is -1.30. The van der Waals surface area contributed by atoms with E-state index in [-0.39, 0.29) is 11.2 Å². The number of aromatic nitrogens is 2. The summed E-state index contributed by atoms with van der Waals surface area (Å²) in [5.74, 6) is -0.0952. The van der Waals surface area contributed by atoms with E-state index in [2.05, 4.69) is 15.3 Å². The first kappa shape index (κ1) is 17.1. The van der Waals surface area contributed by atoms with Crippen LogP contribution in [-0.4, -0.2) is 21.1 Å². The minimum atomic E-state index is -0.247. The summed E-state index contributed by atoms with van der Waals surface area (Å²) in [7, 11) is 0. The topological polar surface area (TPSA) is 54.9 Å². The third-order valence-corrected chi connectivity index (χ3v) is 4.93. The number of halogens is 2. The van der Waals surface area contributed by atoms with E-state index < -0.39 is 0 Å². The van der Waals surface area contributed by atoms with Crippen LogP contribution in [0.3, 0.4) is 0 Å². The average molecular weight is 356 g/mol. The van der Waals surface area contributed by atoms with Crippen molar-refractivity contribution < 1.29 is 4.79 Å². The van der Waals surface area contributed by atoms with E-state index >= 15 is 0 Å². The Labute approximate surface area is 143 Å². The second-order valence-electron chi connectivity index (χ2n) is 4.63. The summed E-state index contributed by atoms with van der Waals surface area (Å²) in [6, 6.07) is 6.87. The predicted molar refractivity (Wildman–Crippen MR) is 91.8 cm³/mol. The summed E-state index contributed by atoms with van der Waals surface area (Å²) in [5.41, 5.74) is 1.49. The van der Waals surface area contributed by atoms with Gasteiger partial charge in [-0.25, -0.2) is 9.97 Å². The molecule has 0 bridgehead atoms. The molecule has 0 aliphatic rings. The van der Waals surface area contributed by atoms with Crippen molar-refractivity contribution in [2.75, 3.05) is 5.32 Å². The first-order valence-electron chi connectivity index (χ1n) is 6.70. The van der Waals surface area contributed by atoms with Gasteiger partial charge in [-0.3, -0.25) is 4.79 Å². The highest BCUT2D eigenvalue weighted by Gasteiger charge is 2.19. The number of aryl methyl sites for hydroxylation is 1. The van der Waals surface area contributed by atoms with E-state index in [0.717, 1.165) is 10.7 Å². The molecule has 0 fully saturated rings. The average Bonchev–Trinajstić information content (AvgIpc) is 2.48. The predicted octanol–water partition coefficient (Wildman–Crippen LogP) is 4.60. The van der Waals surface area contributed by atoms with Crippen molar-refractivity contribution in [3.05, 3.63) is 46.3 Å². The molecule has 2 aromatic rings. The van der Waals surface area contributed by atoms with Crippen LogP contribution in [0.5, 0.6) is 0 Å². The van der Waals surface area contributed by atoms with E-state index in [0.29, 0.717) is 22.2 Å². The molecule has 22 heavy (non-hydrogen) atoms. The number of anilines is 1. The Morgan fingerprint density at radius 2 is 2.05 bits per heavy atom. The van der Waals surface area contributed by atoms with Gasteiger partial charge in [0.15, 0.2) is 0 Å². The Morgan fingerprint density at radius 1 is 1.27 bits per heavy atom. The minimum absolute atomic E-state index is 0.0952. The summed E-state index contributed by atoms with van der Waals surface area (Å²) >= 11 is 13.2. The smallest absolute Gasteiger partial charge is 0.237 e. The van der Waals surface area contributed by atoms with Crippen LogP contribution in [0.25, 0.3) is 0 Å². The number of nitrogens with zero attached hydrogens (tertiary/aromatic N) is 2. The summed E-state index contributed by atoms with van der Waals surface area (Å²) in [6.07, 6.45) is 2.18. The van der Waals surface area contributed by atoms with Crippen LogP contribution in [0.4, 0.5) is 5.69 Å². The molecule has 0 saturated carbocycles. The second kappa shape index (κ2) is 7.81. The Morgan fingerprint density at radius 3 is 2.68 bits per heavy atom. The number of hydrogen-bond acceptors (Lipinski definition) is 4. The number of thioether (sulfide) groups is 1. The van der Waals surface area contributed by atoms with Gasteiger partial charge in [0.25, 0.3) is 0 Å². The van der Waals surface area contributed by atoms with Crippen LogP contribution in [0, 0.1) is 6.92 Å². The quantitative estimate of drug-likeness (QED) is 0.628. The van der Waals surface area contributed by atoms with Gasteiger partial charge in [-0.2, -0.15) is 0 Å². The summed E-state index contributed by atoms with van der Waals surface area (Å²) in [5, 5.41) is 4.25. The number of amides is 1. The van der Waals surface area contributed by atoms with Gasteiger partial charge in [0.1, 0.15) is 11.4 Å². The Kier molecular flexibility index (Phi) is 6.06. The number of rotatable bonds is 5. The maximum atomic E-state index is 12.4. The lowest BCUT2D eigenvalue weighted by Crippen LogP contribution is -2.24. The van der Waals surface area contributed by atoms with Gasteiger partial charge in [0, 0.05) is 11.4 Å². The van der Waals surface area contributed by atoms with Crippen molar-refractivity contribution in [3.8, 4) is 0 Å². The van der Waals surface area contributed by atoms with Crippen LogP contribution in [0.2, 0.25) is 10.0 Å². The number of hydrogen-bond donors (Lipinski definition) is 1. The lowest BCUT2D eigenvalue weighted by atomic mass is 10.2. The maximum Gasteiger partial charge on any atom is 0.237 e. The highest BCUT2D eigenvalue weighted by atomic mass is 35.5. The van der Waals surface area contributed by atoms with E-state index in [1.807, 2.05) is 19.9 Å². The van der Waals surface area contributed by atoms with Crippen molar-refractivity contribution in [1.29, 1.82) is 0 Å². The van der Waals surface area contributed by atoms with Gasteiger partial charge in [-0.15, -0.1) is 0 Å². The van der Waals surface area contributed by atoms with Crippen LogP contribution >= 0.6 is 35.0 Å². The lowest BCUT2D eigenvalue weighted by molar-refractivity contribution is -0.115. The largest absolute Gasteiger partial charge is 0.325 e. The van der Waals surface area contributed by atoms with Gasteiger partial charge in [-0.05, 0) is 37.6 Å². The van der Waals surface area contributed by atoms with Gasteiger partial charge < -0.3 is 5.32 Å². The fourth-order valence-corrected chi connectivity index (χ4v) is 3.03. The normalized spacial score (nSPS) is 12.0.